The van der Waals surface area contributed by atoms with E-state index in [0.29, 0.717) is 18.8 Å². The lowest BCUT2D eigenvalue weighted by Crippen LogP contribution is -2.33. The van der Waals surface area contributed by atoms with Gasteiger partial charge in [0.15, 0.2) is 5.69 Å². The first-order chi connectivity index (χ1) is 11.7. The van der Waals surface area contributed by atoms with Gasteiger partial charge in [0.2, 0.25) is 5.88 Å². The number of nitrogens with zero attached hydrogens (tertiary/aromatic N) is 2. The molecule has 3 rings (SSSR count). The molecule has 0 fully saturated rings. The molecule has 0 saturated carbocycles. The number of nitrogen functional groups attached to an aromatic ring is 1. The summed E-state index contributed by atoms with van der Waals surface area (Å²) in [6.07, 6.45) is 0.873. The number of fused-ring (bicyclic) bond motifs is 1. The number of anilines is 1. The highest BCUT2D eigenvalue weighted by atomic mass is 16.6. The predicted octanol–water partition coefficient (Wildman–Crippen LogP) is 2.40. The number of carbonyl (C=O) groups is 1. The van der Waals surface area contributed by atoms with E-state index >= 15 is 0 Å². The molecular weight excluding hydrogens is 324 g/mol. The number of aromatic nitrogens is 2. The van der Waals surface area contributed by atoms with E-state index in [1.165, 1.54) is 6.33 Å². The molecule has 132 valence electrons. The fraction of sp³-hybridized carbons (Fsp3) is 0.353. The van der Waals surface area contributed by atoms with Crippen molar-refractivity contribution in [1.29, 1.82) is 0 Å². The van der Waals surface area contributed by atoms with Crippen molar-refractivity contribution in [2.75, 3.05) is 5.73 Å². The van der Waals surface area contributed by atoms with Gasteiger partial charge < -0.3 is 20.2 Å². The number of ether oxygens (including phenoxy) is 2. The van der Waals surface area contributed by atoms with Gasteiger partial charge >= 0.3 is 6.09 Å². The Balaban J connectivity index is 1.75. The minimum atomic E-state index is -0.538. The smallest absolute Gasteiger partial charge is 0.410 e. The van der Waals surface area contributed by atoms with Crippen molar-refractivity contribution in [2.24, 2.45) is 0 Å². The van der Waals surface area contributed by atoms with E-state index in [1.54, 1.807) is 11.0 Å². The Kier molecular flexibility index (Phi) is 4.12. The highest BCUT2D eigenvalue weighted by molar-refractivity contribution is 5.69. The van der Waals surface area contributed by atoms with Crippen molar-refractivity contribution >= 4 is 11.8 Å². The minimum absolute atomic E-state index is 0.0469. The van der Waals surface area contributed by atoms with Gasteiger partial charge in [0.25, 0.3) is 5.56 Å². The molecule has 0 bridgehead atoms. The third kappa shape index (κ3) is 3.73. The van der Waals surface area contributed by atoms with Crippen LogP contribution in [0.15, 0.2) is 29.3 Å². The summed E-state index contributed by atoms with van der Waals surface area (Å²) < 4.78 is 11.0. The first kappa shape index (κ1) is 16.8. The van der Waals surface area contributed by atoms with Crippen molar-refractivity contribution in [3.05, 3.63) is 46.0 Å². The summed E-state index contributed by atoms with van der Waals surface area (Å²) in [5.41, 5.74) is 6.55. The maximum atomic E-state index is 12.2. The molecular formula is C17H20N4O4. The van der Waals surface area contributed by atoms with Crippen molar-refractivity contribution in [3.63, 3.8) is 0 Å². The van der Waals surface area contributed by atoms with Crippen LogP contribution in [0.25, 0.3) is 0 Å². The van der Waals surface area contributed by atoms with Crippen molar-refractivity contribution in [2.45, 2.75) is 39.5 Å². The summed E-state index contributed by atoms with van der Waals surface area (Å²) in [5, 5.41) is 0. The average Bonchev–Trinajstić information content (AvgIpc) is 2.94. The zero-order valence-corrected chi connectivity index (χ0v) is 14.3. The first-order valence-electron chi connectivity index (χ1n) is 7.84. The number of nitrogens with two attached hydrogens (primary N) is 1. The fourth-order valence-corrected chi connectivity index (χ4v) is 2.48. The average molecular weight is 344 g/mol. The number of rotatable bonds is 2. The van der Waals surface area contributed by atoms with Crippen molar-refractivity contribution < 1.29 is 14.3 Å². The molecule has 1 amide bonds. The normalized spacial score (nSPS) is 13.5. The molecule has 0 unspecified atom stereocenters. The Hall–Kier alpha value is -3.03. The van der Waals surface area contributed by atoms with Crippen LogP contribution in [-0.4, -0.2) is 26.6 Å². The Morgan fingerprint density at radius 3 is 2.72 bits per heavy atom. The number of H-pyrrole nitrogens is 1. The lowest BCUT2D eigenvalue weighted by Gasteiger charge is -2.24. The molecule has 8 heteroatoms. The molecule has 0 atom stereocenters. The number of hydrogen-bond acceptors (Lipinski definition) is 6. The summed E-state index contributed by atoms with van der Waals surface area (Å²) in [4.78, 5) is 31.6. The summed E-state index contributed by atoms with van der Waals surface area (Å²) in [5.74, 6) is 0.542. The number of amides is 1. The molecule has 0 radical (unpaired) electrons. The second-order valence-corrected chi connectivity index (χ2v) is 6.82. The molecule has 2 aromatic rings. The first-order valence-corrected chi connectivity index (χ1v) is 7.84. The fourth-order valence-electron chi connectivity index (χ4n) is 2.48. The minimum Gasteiger partial charge on any atom is -0.444 e. The Labute approximate surface area is 144 Å². The van der Waals surface area contributed by atoms with Gasteiger partial charge in [-0.2, -0.15) is 0 Å². The summed E-state index contributed by atoms with van der Waals surface area (Å²) in [7, 11) is 0. The van der Waals surface area contributed by atoms with Gasteiger partial charge in [-0.3, -0.25) is 9.69 Å². The number of nitrogens with one attached hydrogen (secondary N) is 1. The molecule has 2 heterocycles. The van der Waals surface area contributed by atoms with Crippen LogP contribution in [0.4, 0.5) is 10.5 Å². The lowest BCUT2D eigenvalue weighted by molar-refractivity contribution is 0.0242. The van der Waals surface area contributed by atoms with E-state index < -0.39 is 11.2 Å². The summed E-state index contributed by atoms with van der Waals surface area (Å²) in [6, 6.07) is 5.43. The number of benzene rings is 1. The third-order valence-corrected chi connectivity index (χ3v) is 3.62. The molecule has 0 spiro atoms. The Morgan fingerprint density at radius 1 is 1.28 bits per heavy atom. The van der Waals surface area contributed by atoms with Gasteiger partial charge in [-0.15, -0.1) is 0 Å². The lowest BCUT2D eigenvalue weighted by atomic mass is 10.1. The molecule has 8 nitrogen and oxygen atoms in total. The molecule has 0 aliphatic carbocycles. The summed E-state index contributed by atoms with van der Waals surface area (Å²) in [6.45, 7) is 6.41. The van der Waals surface area contributed by atoms with Gasteiger partial charge in [0.05, 0.1) is 6.33 Å². The highest BCUT2D eigenvalue weighted by Crippen LogP contribution is 2.30. The maximum Gasteiger partial charge on any atom is 0.410 e. The molecule has 0 saturated heterocycles. The highest BCUT2D eigenvalue weighted by Gasteiger charge is 2.28. The molecule has 1 aliphatic rings. The largest absolute Gasteiger partial charge is 0.444 e. The van der Waals surface area contributed by atoms with Gasteiger partial charge in [-0.25, -0.2) is 9.78 Å². The zero-order valence-electron chi connectivity index (χ0n) is 14.3. The molecule has 3 N–H and O–H groups in total. The van der Waals surface area contributed by atoms with Crippen LogP contribution in [0.1, 0.15) is 31.9 Å². The van der Waals surface area contributed by atoms with E-state index in [4.69, 9.17) is 15.2 Å². The van der Waals surface area contributed by atoms with Crippen LogP contribution >= 0.6 is 0 Å². The molecule has 1 aliphatic heterocycles. The second-order valence-electron chi connectivity index (χ2n) is 6.82. The van der Waals surface area contributed by atoms with Crippen LogP contribution in [0.2, 0.25) is 0 Å². The summed E-state index contributed by atoms with van der Waals surface area (Å²) >= 11 is 0. The molecule has 1 aromatic heterocycles. The van der Waals surface area contributed by atoms with Gasteiger partial charge in [0, 0.05) is 13.1 Å². The number of hydrogen-bond donors (Lipinski definition) is 2. The maximum absolute atomic E-state index is 12.2. The predicted molar refractivity (Wildman–Crippen MR) is 91.3 cm³/mol. The standard InChI is InChI=1S/C17H20N4O4/c1-17(2,3)25-16(23)21-7-10-4-5-12(6-11(10)8-21)24-15-13(18)14(22)19-9-20-15/h4-6,9H,7-8,18H2,1-3H3,(H,19,20,22). The van der Waals surface area contributed by atoms with Crippen LogP contribution in [0.5, 0.6) is 11.6 Å². The second kappa shape index (κ2) is 6.12. The van der Waals surface area contributed by atoms with Crippen LogP contribution in [-0.2, 0) is 17.8 Å². The van der Waals surface area contributed by atoms with Gasteiger partial charge in [0.1, 0.15) is 11.4 Å². The van der Waals surface area contributed by atoms with Crippen LogP contribution < -0.4 is 16.0 Å². The van der Waals surface area contributed by atoms with E-state index in [9.17, 15) is 9.59 Å². The van der Waals surface area contributed by atoms with E-state index in [0.717, 1.165) is 11.1 Å². The van der Waals surface area contributed by atoms with Crippen molar-refractivity contribution in [1.82, 2.24) is 14.9 Å². The Morgan fingerprint density at radius 2 is 2.00 bits per heavy atom. The molecule has 1 aromatic carbocycles. The van der Waals surface area contributed by atoms with Crippen molar-refractivity contribution in [3.8, 4) is 11.6 Å². The quantitative estimate of drug-likeness (QED) is 0.865. The molecule has 25 heavy (non-hydrogen) atoms. The SMILES string of the molecule is CC(C)(C)OC(=O)N1Cc2ccc(Oc3nc[nH]c(=O)c3N)cc2C1. The van der Waals surface area contributed by atoms with Gasteiger partial charge in [-0.05, 0) is 44.0 Å². The van der Waals surface area contributed by atoms with Crippen LogP contribution in [0, 0.1) is 0 Å². The Bertz CT molecular complexity index is 870. The van der Waals surface area contributed by atoms with Crippen LogP contribution in [0.3, 0.4) is 0 Å². The monoisotopic (exact) mass is 344 g/mol. The number of carbonyl (C=O) groups excluding carboxylic acids is 1. The van der Waals surface area contributed by atoms with Gasteiger partial charge in [-0.1, -0.05) is 6.07 Å². The third-order valence-electron chi connectivity index (χ3n) is 3.62. The number of aromatic amines is 1. The topological polar surface area (TPSA) is 111 Å². The van der Waals surface area contributed by atoms with E-state index in [1.807, 2.05) is 32.9 Å². The van der Waals surface area contributed by atoms with E-state index in [2.05, 4.69) is 9.97 Å². The van der Waals surface area contributed by atoms with E-state index in [-0.39, 0.29) is 17.7 Å². The zero-order chi connectivity index (χ0) is 18.2.